The molecule has 0 bridgehead atoms. The molecule has 0 radical (unpaired) electrons. The van der Waals surface area contributed by atoms with Gasteiger partial charge in [0.25, 0.3) is 0 Å². The molecule has 0 saturated carbocycles. The molecule has 1 aliphatic heterocycles. The molecule has 2 N–H and O–H groups in total. The van der Waals surface area contributed by atoms with Crippen LogP contribution in [0.25, 0.3) is 0 Å². The van der Waals surface area contributed by atoms with E-state index in [1.54, 1.807) is 6.92 Å². The van der Waals surface area contributed by atoms with E-state index in [2.05, 4.69) is 5.32 Å². The van der Waals surface area contributed by atoms with E-state index in [0.717, 1.165) is 12.1 Å². The van der Waals surface area contributed by atoms with E-state index in [4.69, 9.17) is 4.74 Å². The van der Waals surface area contributed by atoms with Crippen LogP contribution >= 0.6 is 0 Å². The molecular formula is C12H15F2NO2. The summed E-state index contributed by atoms with van der Waals surface area (Å²) in [4.78, 5) is 0. The van der Waals surface area contributed by atoms with Gasteiger partial charge < -0.3 is 15.2 Å². The first-order valence-electron chi connectivity index (χ1n) is 5.51. The molecule has 2 rings (SSSR count). The van der Waals surface area contributed by atoms with Crippen molar-refractivity contribution in [3.8, 4) is 0 Å². The zero-order valence-electron chi connectivity index (χ0n) is 9.71. The summed E-state index contributed by atoms with van der Waals surface area (Å²) in [5.41, 5.74) is 0.211. The van der Waals surface area contributed by atoms with Gasteiger partial charge in [-0.25, -0.2) is 8.78 Å². The van der Waals surface area contributed by atoms with Gasteiger partial charge in [-0.15, -0.1) is 0 Å². The highest BCUT2D eigenvalue weighted by molar-refractivity contribution is 5.24. The quantitative estimate of drug-likeness (QED) is 0.785. The van der Waals surface area contributed by atoms with Crippen molar-refractivity contribution in [2.24, 2.45) is 0 Å². The Bertz CT molecular complexity index is 427. The van der Waals surface area contributed by atoms with Gasteiger partial charge in [0.05, 0.1) is 12.6 Å². The van der Waals surface area contributed by atoms with Gasteiger partial charge in [0, 0.05) is 11.6 Å². The maximum atomic E-state index is 13.1. The van der Waals surface area contributed by atoms with Crippen molar-refractivity contribution in [1.29, 1.82) is 0 Å². The Morgan fingerprint density at radius 1 is 1.35 bits per heavy atom. The Kier molecular flexibility index (Phi) is 3.16. The van der Waals surface area contributed by atoms with Gasteiger partial charge in [-0.2, -0.15) is 0 Å². The zero-order valence-corrected chi connectivity index (χ0v) is 9.71. The normalized spacial score (nSPS) is 33.7. The molecule has 1 saturated heterocycles. The largest absolute Gasteiger partial charge is 0.361 e. The third kappa shape index (κ3) is 2.18. The molecular weight excluding hydrogens is 228 g/mol. The smallest absolute Gasteiger partial charge is 0.208 e. The van der Waals surface area contributed by atoms with E-state index in [-0.39, 0.29) is 11.6 Å². The zero-order chi connectivity index (χ0) is 12.6. The summed E-state index contributed by atoms with van der Waals surface area (Å²) in [6.45, 7) is 3.96. The second kappa shape index (κ2) is 4.33. The highest BCUT2D eigenvalue weighted by atomic mass is 19.2. The summed E-state index contributed by atoms with van der Waals surface area (Å²) in [7, 11) is 0. The third-order valence-electron chi connectivity index (χ3n) is 3.01. The third-order valence-corrected chi connectivity index (χ3v) is 3.01. The first-order valence-corrected chi connectivity index (χ1v) is 5.51. The number of morpholine rings is 1. The van der Waals surface area contributed by atoms with Crippen LogP contribution in [-0.4, -0.2) is 23.8 Å². The van der Waals surface area contributed by atoms with Crippen LogP contribution in [0.2, 0.25) is 0 Å². The van der Waals surface area contributed by atoms with Crippen molar-refractivity contribution >= 4 is 0 Å². The van der Waals surface area contributed by atoms with Crippen LogP contribution in [0.5, 0.6) is 0 Å². The second-order valence-electron chi connectivity index (χ2n) is 4.43. The molecule has 0 aliphatic carbocycles. The Morgan fingerprint density at radius 3 is 2.65 bits per heavy atom. The molecule has 3 atom stereocenters. The fourth-order valence-electron chi connectivity index (χ4n) is 2.02. The number of hydrogen-bond acceptors (Lipinski definition) is 3. The molecule has 94 valence electrons. The van der Waals surface area contributed by atoms with E-state index >= 15 is 0 Å². The number of hydrogen-bond donors (Lipinski definition) is 2. The number of rotatable bonds is 1. The average molecular weight is 243 g/mol. The monoisotopic (exact) mass is 243 g/mol. The Balaban J connectivity index is 2.34. The van der Waals surface area contributed by atoms with Gasteiger partial charge in [0.15, 0.2) is 11.6 Å². The van der Waals surface area contributed by atoms with Gasteiger partial charge in [-0.3, -0.25) is 0 Å². The standard InChI is InChI=1S/C12H15F2NO2/c1-7-6-17-12(16,8(2)15-7)9-3-4-10(13)11(14)5-9/h3-5,7-8,15-16H,6H2,1-2H3. The molecule has 3 nitrogen and oxygen atoms in total. The molecule has 5 heteroatoms. The van der Waals surface area contributed by atoms with Gasteiger partial charge in [-0.1, -0.05) is 6.07 Å². The van der Waals surface area contributed by atoms with Crippen molar-refractivity contribution in [2.75, 3.05) is 6.61 Å². The van der Waals surface area contributed by atoms with E-state index in [9.17, 15) is 13.9 Å². The first kappa shape index (κ1) is 12.4. The van der Waals surface area contributed by atoms with E-state index < -0.39 is 23.5 Å². The predicted molar refractivity (Wildman–Crippen MR) is 58.3 cm³/mol. The molecule has 0 amide bonds. The van der Waals surface area contributed by atoms with Gasteiger partial charge in [0.1, 0.15) is 0 Å². The lowest BCUT2D eigenvalue weighted by Crippen LogP contribution is -2.58. The maximum Gasteiger partial charge on any atom is 0.208 e. The van der Waals surface area contributed by atoms with Crippen molar-refractivity contribution in [1.82, 2.24) is 5.32 Å². The predicted octanol–water partition coefficient (Wildman–Crippen LogP) is 1.51. The average Bonchev–Trinajstić information content (AvgIpc) is 2.28. The number of ether oxygens (including phenoxy) is 1. The summed E-state index contributed by atoms with van der Waals surface area (Å²) in [6, 6.07) is 2.97. The maximum absolute atomic E-state index is 13.1. The van der Waals surface area contributed by atoms with E-state index in [1.165, 1.54) is 6.07 Å². The minimum Gasteiger partial charge on any atom is -0.361 e. The van der Waals surface area contributed by atoms with Crippen LogP contribution in [0, 0.1) is 11.6 Å². The molecule has 3 unspecified atom stereocenters. The SMILES string of the molecule is CC1COC(O)(c2ccc(F)c(F)c2)C(C)N1. The summed E-state index contributed by atoms with van der Waals surface area (Å²) in [6.07, 6.45) is 0. The molecule has 1 aromatic carbocycles. The Labute approximate surface area is 98.4 Å². The molecule has 0 spiro atoms. The number of benzene rings is 1. The minimum atomic E-state index is -1.62. The van der Waals surface area contributed by atoms with Crippen LogP contribution in [0.3, 0.4) is 0 Å². The van der Waals surface area contributed by atoms with Crippen molar-refractivity contribution < 1.29 is 18.6 Å². The topological polar surface area (TPSA) is 41.5 Å². The first-order chi connectivity index (χ1) is 7.93. The van der Waals surface area contributed by atoms with Crippen LogP contribution in [0.15, 0.2) is 18.2 Å². The van der Waals surface area contributed by atoms with Gasteiger partial charge in [-0.05, 0) is 26.0 Å². The fraction of sp³-hybridized carbons (Fsp3) is 0.500. The lowest BCUT2D eigenvalue weighted by atomic mass is 9.96. The van der Waals surface area contributed by atoms with Gasteiger partial charge in [0.2, 0.25) is 5.79 Å². The second-order valence-corrected chi connectivity index (χ2v) is 4.43. The summed E-state index contributed by atoms with van der Waals surface area (Å²) in [5, 5.41) is 13.5. The number of halogens is 2. The van der Waals surface area contributed by atoms with Crippen LogP contribution in [0.1, 0.15) is 19.4 Å². The lowest BCUT2D eigenvalue weighted by molar-refractivity contribution is -0.252. The van der Waals surface area contributed by atoms with Crippen molar-refractivity contribution in [3.63, 3.8) is 0 Å². The Hall–Kier alpha value is -1.04. The van der Waals surface area contributed by atoms with Crippen molar-refractivity contribution in [3.05, 3.63) is 35.4 Å². The molecule has 1 heterocycles. The highest BCUT2D eigenvalue weighted by Crippen LogP contribution is 2.30. The summed E-state index contributed by atoms with van der Waals surface area (Å²) >= 11 is 0. The molecule has 1 aromatic rings. The Morgan fingerprint density at radius 2 is 2.06 bits per heavy atom. The summed E-state index contributed by atoms with van der Waals surface area (Å²) < 4.78 is 31.4. The fourth-order valence-corrected chi connectivity index (χ4v) is 2.02. The molecule has 17 heavy (non-hydrogen) atoms. The highest BCUT2D eigenvalue weighted by Gasteiger charge is 2.41. The van der Waals surface area contributed by atoms with E-state index in [0.29, 0.717) is 6.61 Å². The molecule has 1 aliphatic rings. The van der Waals surface area contributed by atoms with Gasteiger partial charge >= 0.3 is 0 Å². The van der Waals surface area contributed by atoms with Crippen LogP contribution < -0.4 is 5.32 Å². The number of nitrogens with one attached hydrogen (secondary N) is 1. The van der Waals surface area contributed by atoms with E-state index in [1.807, 2.05) is 6.92 Å². The molecule has 1 fully saturated rings. The molecule has 0 aromatic heterocycles. The number of aliphatic hydroxyl groups is 1. The summed E-state index contributed by atoms with van der Waals surface area (Å²) in [5.74, 6) is -3.56. The minimum absolute atomic E-state index is 0.107. The van der Waals surface area contributed by atoms with Crippen molar-refractivity contribution in [2.45, 2.75) is 31.7 Å². The lowest BCUT2D eigenvalue weighted by Gasteiger charge is -2.41. The van der Waals surface area contributed by atoms with Crippen LogP contribution in [0.4, 0.5) is 8.78 Å². The van der Waals surface area contributed by atoms with Crippen LogP contribution in [-0.2, 0) is 10.5 Å².